The quantitative estimate of drug-likeness (QED) is 0.720. The Balaban J connectivity index is 1.68. The van der Waals surface area contributed by atoms with E-state index in [1.807, 2.05) is 0 Å². The van der Waals surface area contributed by atoms with Gasteiger partial charge >= 0.3 is 0 Å². The van der Waals surface area contributed by atoms with Gasteiger partial charge in [-0.1, -0.05) is 19.8 Å². The van der Waals surface area contributed by atoms with Crippen LogP contribution in [0.3, 0.4) is 0 Å². The second kappa shape index (κ2) is 6.02. The molecule has 0 aliphatic heterocycles. The Labute approximate surface area is 101 Å². The third-order valence-electron chi connectivity index (χ3n) is 4.37. The molecule has 2 nitrogen and oxygen atoms in total. The van der Waals surface area contributed by atoms with Gasteiger partial charge in [-0.3, -0.25) is 0 Å². The van der Waals surface area contributed by atoms with E-state index < -0.39 is 0 Å². The Hall–Kier alpha value is -0.0800. The lowest BCUT2D eigenvalue weighted by molar-refractivity contribution is 0.234. The van der Waals surface area contributed by atoms with Crippen molar-refractivity contribution in [2.24, 2.45) is 11.7 Å². The van der Waals surface area contributed by atoms with Crippen LogP contribution < -0.4 is 5.73 Å². The molecule has 2 atom stereocenters. The zero-order chi connectivity index (χ0) is 11.4. The summed E-state index contributed by atoms with van der Waals surface area (Å²) in [5, 5.41) is 0. The molecule has 0 saturated heterocycles. The minimum Gasteiger partial charge on any atom is -0.327 e. The minimum absolute atomic E-state index is 0.507. The van der Waals surface area contributed by atoms with E-state index in [-0.39, 0.29) is 0 Å². The Morgan fingerprint density at radius 3 is 2.50 bits per heavy atom. The average molecular weight is 224 g/mol. The monoisotopic (exact) mass is 224 g/mol. The highest BCUT2D eigenvalue weighted by atomic mass is 15.2. The largest absolute Gasteiger partial charge is 0.327 e. The van der Waals surface area contributed by atoms with Crippen LogP contribution in [0.4, 0.5) is 0 Å². The molecule has 0 heterocycles. The molecule has 0 aromatic heterocycles. The molecule has 0 aromatic rings. The first-order chi connectivity index (χ1) is 7.81. The van der Waals surface area contributed by atoms with E-state index >= 15 is 0 Å². The molecular formula is C14H28N2. The second-order valence-corrected chi connectivity index (χ2v) is 5.76. The van der Waals surface area contributed by atoms with Crippen LogP contribution in [0.15, 0.2) is 0 Å². The number of rotatable bonds is 7. The number of hydrogen-bond donors (Lipinski definition) is 1. The molecule has 0 radical (unpaired) electrons. The number of nitrogens with two attached hydrogens (primary N) is 1. The van der Waals surface area contributed by atoms with Crippen molar-refractivity contribution in [2.75, 3.05) is 13.1 Å². The number of nitrogens with zero attached hydrogens (tertiary/aromatic N) is 1. The second-order valence-electron chi connectivity index (χ2n) is 5.76. The van der Waals surface area contributed by atoms with Gasteiger partial charge in [0.1, 0.15) is 0 Å². The molecule has 0 aromatic carbocycles. The van der Waals surface area contributed by atoms with Crippen molar-refractivity contribution >= 4 is 0 Å². The first-order valence-electron chi connectivity index (χ1n) is 7.31. The lowest BCUT2D eigenvalue weighted by Crippen LogP contribution is -2.32. The molecule has 2 fully saturated rings. The summed E-state index contributed by atoms with van der Waals surface area (Å²) in [6.07, 6.45) is 10.9. The van der Waals surface area contributed by atoms with Gasteiger partial charge in [-0.05, 0) is 57.5 Å². The Morgan fingerprint density at radius 1 is 1.12 bits per heavy atom. The van der Waals surface area contributed by atoms with Gasteiger partial charge in [-0.2, -0.15) is 0 Å². The Morgan fingerprint density at radius 2 is 1.94 bits per heavy atom. The fourth-order valence-electron chi connectivity index (χ4n) is 3.03. The minimum atomic E-state index is 0.507. The van der Waals surface area contributed by atoms with Crippen molar-refractivity contribution in [3.8, 4) is 0 Å². The first kappa shape index (κ1) is 12.4. The van der Waals surface area contributed by atoms with Crippen LogP contribution >= 0.6 is 0 Å². The van der Waals surface area contributed by atoms with Crippen molar-refractivity contribution in [1.82, 2.24) is 4.90 Å². The van der Waals surface area contributed by atoms with Gasteiger partial charge in [-0.25, -0.2) is 0 Å². The third-order valence-corrected chi connectivity index (χ3v) is 4.37. The topological polar surface area (TPSA) is 29.3 Å². The molecule has 0 amide bonds. The third kappa shape index (κ3) is 3.46. The van der Waals surface area contributed by atoms with Gasteiger partial charge in [0.05, 0.1) is 0 Å². The maximum absolute atomic E-state index is 6.14. The molecule has 2 N–H and O–H groups in total. The predicted molar refractivity (Wildman–Crippen MR) is 69.4 cm³/mol. The smallest absolute Gasteiger partial charge is 0.00964 e. The van der Waals surface area contributed by atoms with Crippen LogP contribution in [-0.2, 0) is 0 Å². The summed E-state index contributed by atoms with van der Waals surface area (Å²) in [5.41, 5.74) is 6.14. The molecule has 2 saturated carbocycles. The Kier molecular flexibility index (Phi) is 4.66. The SMILES string of the molecule is CCCCN(CCC1CCCC1N)C1CC1. The normalized spacial score (nSPS) is 30.2. The molecule has 0 spiro atoms. The van der Waals surface area contributed by atoms with E-state index in [0.29, 0.717) is 6.04 Å². The van der Waals surface area contributed by atoms with Crippen LogP contribution in [0.1, 0.15) is 58.3 Å². The van der Waals surface area contributed by atoms with Crippen molar-refractivity contribution in [1.29, 1.82) is 0 Å². The van der Waals surface area contributed by atoms with E-state index in [1.54, 1.807) is 0 Å². The summed E-state index contributed by atoms with van der Waals surface area (Å²) in [7, 11) is 0. The van der Waals surface area contributed by atoms with Gasteiger partial charge in [0, 0.05) is 12.1 Å². The van der Waals surface area contributed by atoms with E-state index in [9.17, 15) is 0 Å². The van der Waals surface area contributed by atoms with Crippen molar-refractivity contribution in [3.63, 3.8) is 0 Å². The van der Waals surface area contributed by atoms with Crippen LogP contribution in [0.5, 0.6) is 0 Å². The zero-order valence-electron chi connectivity index (χ0n) is 10.8. The molecule has 2 heteroatoms. The predicted octanol–water partition coefficient (Wildman–Crippen LogP) is 2.77. The molecule has 2 aliphatic rings. The summed E-state index contributed by atoms with van der Waals surface area (Å²) in [6, 6.07) is 1.44. The highest BCUT2D eigenvalue weighted by Crippen LogP contribution is 2.30. The van der Waals surface area contributed by atoms with E-state index in [1.165, 1.54) is 64.5 Å². The molecule has 2 aliphatic carbocycles. The summed E-state index contributed by atoms with van der Waals surface area (Å²) in [5.74, 6) is 0.822. The van der Waals surface area contributed by atoms with E-state index in [2.05, 4.69) is 11.8 Å². The molecular weight excluding hydrogens is 196 g/mol. The van der Waals surface area contributed by atoms with Gasteiger partial charge in [0.25, 0.3) is 0 Å². The number of unbranched alkanes of at least 4 members (excludes halogenated alkanes) is 1. The fraction of sp³-hybridized carbons (Fsp3) is 1.00. The van der Waals surface area contributed by atoms with E-state index in [4.69, 9.17) is 5.73 Å². The van der Waals surface area contributed by atoms with Crippen molar-refractivity contribution in [2.45, 2.75) is 70.4 Å². The fourth-order valence-corrected chi connectivity index (χ4v) is 3.03. The van der Waals surface area contributed by atoms with Crippen LogP contribution in [0.25, 0.3) is 0 Å². The lowest BCUT2D eigenvalue weighted by Gasteiger charge is -2.24. The van der Waals surface area contributed by atoms with Gasteiger partial charge in [0.15, 0.2) is 0 Å². The lowest BCUT2D eigenvalue weighted by atomic mass is 10.00. The molecule has 2 rings (SSSR count). The van der Waals surface area contributed by atoms with E-state index in [0.717, 1.165) is 12.0 Å². The standard InChI is InChI=1S/C14H28N2/c1-2-3-10-16(13-7-8-13)11-9-12-5-4-6-14(12)15/h12-14H,2-11,15H2,1H3. The van der Waals surface area contributed by atoms with Gasteiger partial charge in [-0.15, -0.1) is 0 Å². The highest BCUT2D eigenvalue weighted by Gasteiger charge is 2.30. The molecule has 16 heavy (non-hydrogen) atoms. The average Bonchev–Trinajstić information content (AvgIpc) is 3.04. The van der Waals surface area contributed by atoms with Crippen molar-refractivity contribution < 1.29 is 0 Å². The number of hydrogen-bond acceptors (Lipinski definition) is 2. The Bertz CT molecular complexity index is 201. The molecule has 0 bridgehead atoms. The summed E-state index contributed by atoms with van der Waals surface area (Å²) < 4.78 is 0. The zero-order valence-corrected chi connectivity index (χ0v) is 10.8. The maximum Gasteiger partial charge on any atom is 0.00964 e. The van der Waals surface area contributed by atoms with Crippen LogP contribution in [0.2, 0.25) is 0 Å². The first-order valence-corrected chi connectivity index (χ1v) is 7.31. The highest BCUT2D eigenvalue weighted by molar-refractivity contribution is 4.86. The summed E-state index contributed by atoms with van der Waals surface area (Å²) in [4.78, 5) is 2.73. The summed E-state index contributed by atoms with van der Waals surface area (Å²) >= 11 is 0. The molecule has 94 valence electrons. The van der Waals surface area contributed by atoms with Crippen molar-refractivity contribution in [3.05, 3.63) is 0 Å². The van der Waals surface area contributed by atoms with Crippen LogP contribution in [-0.4, -0.2) is 30.1 Å². The summed E-state index contributed by atoms with van der Waals surface area (Å²) in [6.45, 7) is 4.92. The van der Waals surface area contributed by atoms with Gasteiger partial charge in [0.2, 0.25) is 0 Å². The molecule has 2 unspecified atom stereocenters. The van der Waals surface area contributed by atoms with Gasteiger partial charge < -0.3 is 10.6 Å². The maximum atomic E-state index is 6.14. The van der Waals surface area contributed by atoms with Crippen LogP contribution in [0, 0.1) is 5.92 Å².